The number of aromatic amines is 1. The van der Waals surface area contributed by atoms with E-state index in [0.717, 1.165) is 11.3 Å². The zero-order chi connectivity index (χ0) is 20.6. The first-order valence-electron chi connectivity index (χ1n) is 9.33. The standard InChI is InChI=1S/C22H24N4O3/c1-15-9-10-19(25-15)22(28)26-18-7-2-3-8-20(18)29-14-16-5-4-6-17(13-16)21(27)24-12-11-23/h2-10,13,25H,11-12,14,23H2,1H3,(H,24,27)(H,26,28). The molecule has 0 saturated heterocycles. The van der Waals surface area contributed by atoms with E-state index in [1.54, 1.807) is 36.4 Å². The van der Waals surface area contributed by atoms with Crippen molar-refractivity contribution in [2.75, 3.05) is 18.4 Å². The van der Waals surface area contributed by atoms with Gasteiger partial charge >= 0.3 is 0 Å². The van der Waals surface area contributed by atoms with Crippen molar-refractivity contribution in [1.29, 1.82) is 0 Å². The van der Waals surface area contributed by atoms with Gasteiger partial charge in [-0.05, 0) is 48.9 Å². The van der Waals surface area contributed by atoms with Crippen molar-refractivity contribution >= 4 is 17.5 Å². The predicted molar refractivity (Wildman–Crippen MR) is 112 cm³/mol. The Morgan fingerprint density at radius 3 is 2.62 bits per heavy atom. The van der Waals surface area contributed by atoms with Gasteiger partial charge in [-0.25, -0.2) is 0 Å². The molecule has 7 nitrogen and oxygen atoms in total. The summed E-state index contributed by atoms with van der Waals surface area (Å²) in [6.45, 7) is 2.96. The van der Waals surface area contributed by atoms with Gasteiger partial charge < -0.3 is 26.1 Å². The number of nitrogens with two attached hydrogens (primary N) is 1. The summed E-state index contributed by atoms with van der Waals surface area (Å²) in [4.78, 5) is 27.5. The molecule has 5 N–H and O–H groups in total. The van der Waals surface area contributed by atoms with E-state index in [0.29, 0.717) is 35.8 Å². The van der Waals surface area contributed by atoms with Crippen LogP contribution in [0.3, 0.4) is 0 Å². The lowest BCUT2D eigenvalue weighted by Gasteiger charge is -2.13. The molecule has 0 saturated carbocycles. The number of rotatable bonds is 8. The van der Waals surface area contributed by atoms with Crippen molar-refractivity contribution in [3.8, 4) is 5.75 Å². The number of ether oxygens (including phenoxy) is 1. The van der Waals surface area contributed by atoms with Gasteiger partial charge in [-0.15, -0.1) is 0 Å². The van der Waals surface area contributed by atoms with Crippen molar-refractivity contribution in [1.82, 2.24) is 10.3 Å². The van der Waals surface area contributed by atoms with Crippen molar-refractivity contribution in [2.45, 2.75) is 13.5 Å². The minimum atomic E-state index is -0.243. The van der Waals surface area contributed by atoms with Gasteiger partial charge in [0.25, 0.3) is 11.8 Å². The Bertz CT molecular complexity index is 997. The van der Waals surface area contributed by atoms with Crippen LogP contribution in [0.4, 0.5) is 5.69 Å². The number of benzene rings is 2. The molecule has 1 heterocycles. The first-order valence-corrected chi connectivity index (χ1v) is 9.33. The van der Waals surface area contributed by atoms with Gasteiger partial charge in [0.2, 0.25) is 0 Å². The molecule has 150 valence electrons. The molecule has 0 aliphatic heterocycles. The summed E-state index contributed by atoms with van der Waals surface area (Å²) in [7, 11) is 0. The molecule has 0 fully saturated rings. The van der Waals surface area contributed by atoms with Gasteiger partial charge in [0.15, 0.2) is 0 Å². The lowest BCUT2D eigenvalue weighted by Crippen LogP contribution is -2.29. The topological polar surface area (TPSA) is 109 Å². The molecule has 2 amide bonds. The Hall–Kier alpha value is -3.58. The highest BCUT2D eigenvalue weighted by Gasteiger charge is 2.12. The SMILES string of the molecule is Cc1ccc(C(=O)Nc2ccccc2OCc2cccc(C(=O)NCCN)c2)[nH]1. The number of carbonyl (C=O) groups is 2. The Morgan fingerprint density at radius 1 is 1.03 bits per heavy atom. The van der Waals surface area contributed by atoms with E-state index in [9.17, 15) is 9.59 Å². The van der Waals surface area contributed by atoms with Gasteiger partial charge in [-0.2, -0.15) is 0 Å². The number of nitrogens with one attached hydrogen (secondary N) is 3. The fraction of sp³-hybridized carbons (Fsp3) is 0.182. The Morgan fingerprint density at radius 2 is 1.86 bits per heavy atom. The van der Waals surface area contributed by atoms with Gasteiger partial charge in [0, 0.05) is 24.3 Å². The molecule has 2 aromatic carbocycles. The molecule has 3 aromatic rings. The zero-order valence-electron chi connectivity index (χ0n) is 16.2. The van der Waals surface area contributed by atoms with Crippen LogP contribution < -0.4 is 21.1 Å². The molecule has 29 heavy (non-hydrogen) atoms. The van der Waals surface area contributed by atoms with E-state index >= 15 is 0 Å². The second-order valence-corrected chi connectivity index (χ2v) is 6.54. The number of anilines is 1. The molecular weight excluding hydrogens is 368 g/mol. The van der Waals surface area contributed by atoms with Crippen LogP contribution in [0.2, 0.25) is 0 Å². The Kier molecular flexibility index (Phi) is 6.65. The van der Waals surface area contributed by atoms with E-state index in [4.69, 9.17) is 10.5 Å². The third-order valence-electron chi connectivity index (χ3n) is 4.23. The highest BCUT2D eigenvalue weighted by atomic mass is 16.5. The summed E-state index contributed by atoms with van der Waals surface area (Å²) in [5, 5.41) is 5.60. The van der Waals surface area contributed by atoms with Crippen LogP contribution in [0.1, 0.15) is 32.1 Å². The Balaban J connectivity index is 1.67. The van der Waals surface area contributed by atoms with E-state index < -0.39 is 0 Å². The lowest BCUT2D eigenvalue weighted by molar-refractivity contribution is 0.0953. The number of aryl methyl sites for hydroxylation is 1. The maximum absolute atomic E-state index is 12.4. The summed E-state index contributed by atoms with van der Waals surface area (Å²) in [5.74, 6) is 0.126. The number of hydrogen-bond acceptors (Lipinski definition) is 4. The van der Waals surface area contributed by atoms with Crippen molar-refractivity contribution < 1.29 is 14.3 Å². The smallest absolute Gasteiger partial charge is 0.272 e. The fourth-order valence-corrected chi connectivity index (χ4v) is 2.77. The molecule has 0 aliphatic rings. The Labute approximate surface area is 169 Å². The molecule has 0 unspecified atom stereocenters. The normalized spacial score (nSPS) is 10.4. The van der Waals surface area contributed by atoms with Crippen LogP contribution >= 0.6 is 0 Å². The summed E-state index contributed by atoms with van der Waals surface area (Å²) in [5.41, 5.74) is 8.76. The highest BCUT2D eigenvalue weighted by molar-refractivity contribution is 6.03. The largest absolute Gasteiger partial charge is 0.487 e. The van der Waals surface area contributed by atoms with Crippen molar-refractivity contribution in [3.05, 3.63) is 83.2 Å². The number of amides is 2. The average molecular weight is 392 g/mol. The molecule has 1 aromatic heterocycles. The molecule has 7 heteroatoms. The number of para-hydroxylation sites is 2. The van der Waals surface area contributed by atoms with Crippen LogP contribution in [0, 0.1) is 6.92 Å². The molecule has 0 spiro atoms. The second kappa shape index (κ2) is 9.57. The maximum Gasteiger partial charge on any atom is 0.272 e. The molecule has 0 atom stereocenters. The number of aromatic nitrogens is 1. The van der Waals surface area contributed by atoms with Crippen LogP contribution in [-0.2, 0) is 6.61 Å². The monoisotopic (exact) mass is 392 g/mol. The van der Waals surface area contributed by atoms with Crippen LogP contribution in [-0.4, -0.2) is 29.9 Å². The molecular formula is C22H24N4O3. The predicted octanol–water partition coefficient (Wildman–Crippen LogP) is 2.84. The zero-order valence-corrected chi connectivity index (χ0v) is 16.2. The summed E-state index contributed by atoms with van der Waals surface area (Å²) in [6.07, 6.45) is 0. The van der Waals surface area contributed by atoms with Gasteiger partial charge in [-0.3, -0.25) is 9.59 Å². The number of hydrogen-bond donors (Lipinski definition) is 4. The van der Waals surface area contributed by atoms with E-state index in [1.807, 2.05) is 31.2 Å². The van der Waals surface area contributed by atoms with Crippen LogP contribution in [0.25, 0.3) is 0 Å². The first-order chi connectivity index (χ1) is 14.1. The third-order valence-corrected chi connectivity index (χ3v) is 4.23. The minimum absolute atomic E-state index is 0.175. The third kappa shape index (κ3) is 5.46. The van der Waals surface area contributed by atoms with Gasteiger partial charge in [-0.1, -0.05) is 24.3 Å². The van der Waals surface area contributed by atoms with E-state index in [-0.39, 0.29) is 18.4 Å². The molecule has 3 rings (SSSR count). The maximum atomic E-state index is 12.4. The van der Waals surface area contributed by atoms with Crippen LogP contribution in [0.15, 0.2) is 60.7 Å². The number of H-pyrrole nitrogens is 1. The van der Waals surface area contributed by atoms with Crippen molar-refractivity contribution in [2.24, 2.45) is 5.73 Å². The summed E-state index contributed by atoms with van der Waals surface area (Å²) in [6, 6.07) is 18.0. The summed E-state index contributed by atoms with van der Waals surface area (Å²) >= 11 is 0. The van der Waals surface area contributed by atoms with Crippen molar-refractivity contribution in [3.63, 3.8) is 0 Å². The fourth-order valence-electron chi connectivity index (χ4n) is 2.77. The minimum Gasteiger partial charge on any atom is -0.487 e. The highest BCUT2D eigenvalue weighted by Crippen LogP contribution is 2.25. The van der Waals surface area contributed by atoms with Gasteiger partial charge in [0.1, 0.15) is 18.1 Å². The lowest BCUT2D eigenvalue weighted by atomic mass is 10.1. The van der Waals surface area contributed by atoms with Gasteiger partial charge in [0.05, 0.1) is 5.69 Å². The van der Waals surface area contributed by atoms with E-state index in [1.165, 1.54) is 0 Å². The molecule has 0 radical (unpaired) electrons. The first kappa shape index (κ1) is 20.2. The quantitative estimate of drug-likeness (QED) is 0.472. The molecule has 0 bridgehead atoms. The summed E-state index contributed by atoms with van der Waals surface area (Å²) < 4.78 is 5.90. The molecule has 0 aliphatic carbocycles. The van der Waals surface area contributed by atoms with Crippen LogP contribution in [0.5, 0.6) is 5.75 Å². The van der Waals surface area contributed by atoms with E-state index in [2.05, 4.69) is 15.6 Å². The number of carbonyl (C=O) groups excluding carboxylic acids is 2. The average Bonchev–Trinajstić information content (AvgIpc) is 3.18. The second-order valence-electron chi connectivity index (χ2n) is 6.54.